The lowest BCUT2D eigenvalue weighted by molar-refractivity contribution is -0.118. The second-order valence-electron chi connectivity index (χ2n) is 6.00. The van der Waals surface area contributed by atoms with Crippen LogP contribution in [0.5, 0.6) is 5.75 Å². The van der Waals surface area contributed by atoms with Crippen molar-refractivity contribution < 1.29 is 19.1 Å². The molecule has 0 saturated heterocycles. The maximum Gasteiger partial charge on any atom is 0.408 e. The molecular weight excluding hydrogens is 272 g/mol. The molecule has 2 N–H and O–H groups in total. The third kappa shape index (κ3) is 4.11. The summed E-state index contributed by atoms with van der Waals surface area (Å²) in [5.74, 6) is 0.264. The van der Waals surface area contributed by atoms with Crippen LogP contribution < -0.4 is 15.4 Å². The molecule has 0 spiro atoms. The number of carbonyl (C=O) groups excluding carboxylic acids is 2. The monoisotopic (exact) mass is 292 g/mol. The first kappa shape index (κ1) is 15.2. The number of hydrogen-bond donors (Lipinski definition) is 2. The zero-order valence-corrected chi connectivity index (χ0v) is 12.6. The molecule has 2 rings (SSSR count). The highest BCUT2D eigenvalue weighted by Crippen LogP contribution is 2.27. The topological polar surface area (TPSA) is 76.7 Å². The summed E-state index contributed by atoms with van der Waals surface area (Å²) in [6.07, 6.45) is -0.645. The minimum atomic E-state index is -0.799. The number of fused-ring (bicyclic) bond motifs is 1. The first-order chi connectivity index (χ1) is 9.74. The first-order valence-electron chi connectivity index (χ1n) is 6.78. The Labute approximate surface area is 123 Å². The molecule has 0 aromatic heterocycles. The van der Waals surface area contributed by atoms with Crippen LogP contribution >= 0.6 is 0 Å². The van der Waals surface area contributed by atoms with Gasteiger partial charge in [0, 0.05) is 0 Å². The van der Waals surface area contributed by atoms with Crippen molar-refractivity contribution in [1.82, 2.24) is 5.32 Å². The summed E-state index contributed by atoms with van der Waals surface area (Å²) in [5.41, 5.74) is 1.01. The Bertz CT molecular complexity index is 563. The van der Waals surface area contributed by atoms with E-state index in [-0.39, 0.29) is 12.5 Å². The van der Waals surface area contributed by atoms with Crippen molar-refractivity contribution in [1.29, 1.82) is 0 Å². The van der Waals surface area contributed by atoms with Crippen LogP contribution in [0.3, 0.4) is 0 Å². The maximum atomic E-state index is 12.1. The maximum absolute atomic E-state index is 12.1. The van der Waals surface area contributed by atoms with Crippen LogP contribution in [0, 0.1) is 6.92 Å². The predicted octanol–water partition coefficient (Wildman–Crippen LogP) is 2.22. The molecule has 2 amide bonds. The Kier molecular flexibility index (Phi) is 4.06. The van der Waals surface area contributed by atoms with Crippen molar-refractivity contribution in [3.8, 4) is 5.75 Å². The van der Waals surface area contributed by atoms with Crippen LogP contribution in [0.15, 0.2) is 18.2 Å². The second kappa shape index (κ2) is 5.63. The minimum absolute atomic E-state index is 0.0571. The van der Waals surface area contributed by atoms with Gasteiger partial charge in [-0.15, -0.1) is 0 Å². The van der Waals surface area contributed by atoms with E-state index in [1.54, 1.807) is 26.8 Å². The fraction of sp³-hybridized carbons (Fsp3) is 0.467. The molecule has 0 aliphatic carbocycles. The van der Waals surface area contributed by atoms with Crippen LogP contribution in [-0.2, 0) is 9.53 Å². The van der Waals surface area contributed by atoms with Gasteiger partial charge in [-0.1, -0.05) is 6.07 Å². The number of rotatable bonds is 1. The van der Waals surface area contributed by atoms with Crippen molar-refractivity contribution in [2.75, 3.05) is 11.9 Å². The van der Waals surface area contributed by atoms with E-state index in [4.69, 9.17) is 9.47 Å². The van der Waals surface area contributed by atoms with Gasteiger partial charge in [0.2, 0.25) is 0 Å². The van der Waals surface area contributed by atoms with E-state index >= 15 is 0 Å². The molecule has 114 valence electrons. The van der Waals surface area contributed by atoms with E-state index in [9.17, 15) is 9.59 Å². The average Bonchev–Trinajstić information content (AvgIpc) is 2.48. The van der Waals surface area contributed by atoms with Crippen molar-refractivity contribution in [3.63, 3.8) is 0 Å². The van der Waals surface area contributed by atoms with Crippen LogP contribution in [0.2, 0.25) is 0 Å². The van der Waals surface area contributed by atoms with Crippen molar-refractivity contribution in [3.05, 3.63) is 23.8 Å². The fourth-order valence-corrected chi connectivity index (χ4v) is 1.88. The minimum Gasteiger partial charge on any atom is -0.489 e. The van der Waals surface area contributed by atoms with Crippen LogP contribution in [-0.4, -0.2) is 30.3 Å². The van der Waals surface area contributed by atoms with E-state index in [0.717, 1.165) is 5.56 Å². The molecule has 1 atom stereocenters. The summed E-state index contributed by atoms with van der Waals surface area (Å²) >= 11 is 0. The van der Waals surface area contributed by atoms with Gasteiger partial charge in [0.25, 0.3) is 5.91 Å². The highest BCUT2D eigenvalue weighted by Gasteiger charge is 2.28. The van der Waals surface area contributed by atoms with Gasteiger partial charge >= 0.3 is 6.09 Å². The van der Waals surface area contributed by atoms with Gasteiger partial charge < -0.3 is 20.1 Å². The molecule has 0 bridgehead atoms. The van der Waals surface area contributed by atoms with Gasteiger partial charge in [-0.05, 0) is 45.4 Å². The summed E-state index contributed by atoms with van der Waals surface area (Å²) in [7, 11) is 0. The van der Waals surface area contributed by atoms with E-state index in [1.807, 2.05) is 19.1 Å². The first-order valence-corrected chi connectivity index (χ1v) is 6.78. The van der Waals surface area contributed by atoms with Crippen molar-refractivity contribution in [2.24, 2.45) is 0 Å². The predicted molar refractivity (Wildman–Crippen MR) is 78.5 cm³/mol. The van der Waals surface area contributed by atoms with Crippen molar-refractivity contribution >= 4 is 17.7 Å². The summed E-state index contributed by atoms with van der Waals surface area (Å²) in [6.45, 7) is 7.27. The normalized spacial score (nSPS) is 17.9. The van der Waals surface area contributed by atoms with Gasteiger partial charge in [-0.25, -0.2) is 4.79 Å². The number of alkyl carbamates (subject to hydrolysis) is 1. The van der Waals surface area contributed by atoms with Crippen LogP contribution in [0.4, 0.5) is 10.5 Å². The summed E-state index contributed by atoms with van der Waals surface area (Å²) in [4.78, 5) is 23.8. The van der Waals surface area contributed by atoms with Gasteiger partial charge in [-0.2, -0.15) is 0 Å². The Morgan fingerprint density at radius 1 is 1.43 bits per heavy atom. The number of hydrogen-bond acceptors (Lipinski definition) is 4. The SMILES string of the molecule is Cc1ccc2c(c1)OC[C@H](NC(=O)OC(C)(C)C)C(=O)N2. The Hall–Kier alpha value is -2.24. The lowest BCUT2D eigenvalue weighted by atomic mass is 10.2. The van der Waals surface area contributed by atoms with E-state index in [1.165, 1.54) is 0 Å². The molecule has 0 saturated carbocycles. The third-order valence-electron chi connectivity index (χ3n) is 2.81. The molecule has 1 aliphatic heterocycles. The molecule has 6 nitrogen and oxygen atoms in total. The summed E-state index contributed by atoms with van der Waals surface area (Å²) < 4.78 is 10.7. The van der Waals surface area contributed by atoms with Gasteiger partial charge in [0.1, 0.15) is 24.0 Å². The van der Waals surface area contributed by atoms with Crippen molar-refractivity contribution in [2.45, 2.75) is 39.3 Å². The molecule has 1 aromatic carbocycles. The lowest BCUT2D eigenvalue weighted by Crippen LogP contribution is -2.48. The van der Waals surface area contributed by atoms with Crippen LogP contribution in [0.25, 0.3) is 0 Å². The van der Waals surface area contributed by atoms with E-state index in [2.05, 4.69) is 10.6 Å². The Morgan fingerprint density at radius 3 is 2.81 bits per heavy atom. The molecular formula is C15H20N2O4. The highest BCUT2D eigenvalue weighted by atomic mass is 16.6. The molecule has 1 aliphatic rings. The standard InChI is InChI=1S/C15H20N2O4/c1-9-5-6-10-12(7-9)20-8-11(13(18)16-10)17-14(19)21-15(2,3)4/h5-7,11H,8H2,1-4H3,(H,16,18)(H,17,19)/t11-/m0/s1. The number of ether oxygens (including phenoxy) is 2. The van der Waals surface area contributed by atoms with E-state index in [0.29, 0.717) is 11.4 Å². The largest absolute Gasteiger partial charge is 0.489 e. The smallest absolute Gasteiger partial charge is 0.408 e. The van der Waals surface area contributed by atoms with Gasteiger partial charge in [0.05, 0.1) is 5.69 Å². The number of anilines is 1. The number of aryl methyl sites for hydroxylation is 1. The lowest BCUT2D eigenvalue weighted by Gasteiger charge is -2.22. The molecule has 0 radical (unpaired) electrons. The van der Waals surface area contributed by atoms with Gasteiger partial charge in [0.15, 0.2) is 0 Å². The number of benzene rings is 1. The van der Waals surface area contributed by atoms with Crippen LogP contribution in [0.1, 0.15) is 26.3 Å². The number of amides is 2. The van der Waals surface area contributed by atoms with Gasteiger partial charge in [-0.3, -0.25) is 4.79 Å². The summed E-state index contributed by atoms with van der Waals surface area (Å²) in [6, 6.07) is 4.70. The molecule has 6 heteroatoms. The molecule has 1 aromatic rings. The Balaban J connectivity index is 2.05. The highest BCUT2D eigenvalue weighted by molar-refractivity contribution is 5.98. The molecule has 0 unspecified atom stereocenters. The number of nitrogens with one attached hydrogen (secondary N) is 2. The summed E-state index contributed by atoms with van der Waals surface area (Å²) in [5, 5.41) is 5.25. The third-order valence-corrected chi connectivity index (χ3v) is 2.81. The quantitative estimate of drug-likeness (QED) is 0.832. The van der Waals surface area contributed by atoms with E-state index < -0.39 is 17.7 Å². The number of carbonyl (C=O) groups is 2. The molecule has 0 fully saturated rings. The fourth-order valence-electron chi connectivity index (χ4n) is 1.88. The molecule has 1 heterocycles. The average molecular weight is 292 g/mol. The molecule has 21 heavy (non-hydrogen) atoms. The second-order valence-corrected chi connectivity index (χ2v) is 6.00. The zero-order chi connectivity index (χ0) is 15.6. The zero-order valence-electron chi connectivity index (χ0n) is 12.6. The Morgan fingerprint density at radius 2 is 2.14 bits per heavy atom.